The lowest BCUT2D eigenvalue weighted by Crippen LogP contribution is -2.24. The van der Waals surface area contributed by atoms with Gasteiger partial charge in [0.05, 0.1) is 5.52 Å². The second-order valence-corrected chi connectivity index (χ2v) is 8.30. The van der Waals surface area contributed by atoms with Crippen molar-refractivity contribution in [1.82, 2.24) is 4.57 Å². The molecule has 0 N–H and O–H groups in total. The number of hydrogen-bond acceptors (Lipinski definition) is 4. The quantitative estimate of drug-likeness (QED) is 0.222. The third kappa shape index (κ3) is 5.93. The van der Waals surface area contributed by atoms with Gasteiger partial charge in [-0.2, -0.15) is 0 Å². The highest BCUT2D eigenvalue weighted by Gasteiger charge is 2.20. The molecule has 0 spiro atoms. The van der Waals surface area contributed by atoms with Gasteiger partial charge in [-0.15, -0.1) is 0 Å². The minimum Gasteiger partial charge on any atom is -0.489 e. The SMILES string of the molecule is C=CCOc1c(OCc2ccccc2)c2ccc(OCc3ccccc3)cc2n(CCCC)c1=O. The highest BCUT2D eigenvalue weighted by molar-refractivity contribution is 5.89. The molecule has 1 aromatic heterocycles. The average Bonchev–Trinajstić information content (AvgIpc) is 2.90. The summed E-state index contributed by atoms with van der Waals surface area (Å²) < 4.78 is 19.9. The Morgan fingerprint density at radius 3 is 2.11 bits per heavy atom. The van der Waals surface area contributed by atoms with E-state index >= 15 is 0 Å². The maximum Gasteiger partial charge on any atom is 0.297 e. The normalized spacial score (nSPS) is 10.8. The molecule has 0 bridgehead atoms. The Labute approximate surface area is 206 Å². The van der Waals surface area contributed by atoms with Gasteiger partial charge in [-0.1, -0.05) is 86.7 Å². The predicted octanol–water partition coefficient (Wildman–Crippen LogP) is 6.52. The summed E-state index contributed by atoms with van der Waals surface area (Å²) in [5, 5.41) is 0.808. The van der Waals surface area contributed by atoms with Crippen molar-refractivity contribution in [3.05, 3.63) is 113 Å². The van der Waals surface area contributed by atoms with Crippen molar-refractivity contribution in [3.8, 4) is 17.2 Å². The van der Waals surface area contributed by atoms with Crippen LogP contribution in [-0.2, 0) is 19.8 Å². The molecule has 0 fully saturated rings. The number of aryl methyl sites for hydroxylation is 1. The van der Waals surface area contributed by atoms with Crippen LogP contribution in [0.1, 0.15) is 30.9 Å². The Hall–Kier alpha value is -3.99. The fraction of sp³-hybridized carbons (Fsp3) is 0.233. The summed E-state index contributed by atoms with van der Waals surface area (Å²) >= 11 is 0. The standard InChI is InChI=1S/C30H31NO4/c1-3-5-18-31-27-20-25(34-21-23-12-8-6-9-13-23)16-17-26(27)28(29(30(31)32)33-19-4-2)35-22-24-14-10-7-11-15-24/h4,6-17,20H,2-3,5,18-19,21-22H2,1H3. The molecule has 5 nitrogen and oxygen atoms in total. The highest BCUT2D eigenvalue weighted by atomic mass is 16.5. The van der Waals surface area contributed by atoms with Gasteiger partial charge >= 0.3 is 0 Å². The van der Waals surface area contributed by atoms with Crippen molar-refractivity contribution in [2.75, 3.05) is 6.61 Å². The molecular weight excluding hydrogens is 438 g/mol. The maximum atomic E-state index is 13.6. The summed E-state index contributed by atoms with van der Waals surface area (Å²) in [5.41, 5.74) is 2.64. The van der Waals surface area contributed by atoms with Crippen molar-refractivity contribution in [1.29, 1.82) is 0 Å². The first-order chi connectivity index (χ1) is 17.2. The van der Waals surface area contributed by atoms with E-state index in [1.807, 2.05) is 78.9 Å². The molecule has 0 amide bonds. The van der Waals surface area contributed by atoms with E-state index in [-0.39, 0.29) is 17.9 Å². The number of aromatic nitrogens is 1. The first kappa shape index (κ1) is 24.1. The Morgan fingerprint density at radius 1 is 0.829 bits per heavy atom. The monoisotopic (exact) mass is 469 g/mol. The Bertz CT molecular complexity index is 1310. The molecule has 0 aliphatic heterocycles. The summed E-state index contributed by atoms with van der Waals surface area (Å²) in [7, 11) is 0. The van der Waals surface area contributed by atoms with Gasteiger partial charge in [0.2, 0.25) is 5.75 Å². The largest absolute Gasteiger partial charge is 0.489 e. The van der Waals surface area contributed by atoms with E-state index in [1.54, 1.807) is 10.6 Å². The number of unbranched alkanes of at least 4 members (excludes halogenated alkanes) is 1. The second kappa shape index (κ2) is 11.9. The van der Waals surface area contributed by atoms with E-state index in [2.05, 4.69) is 13.5 Å². The van der Waals surface area contributed by atoms with Crippen LogP contribution in [0, 0.1) is 0 Å². The van der Waals surface area contributed by atoms with Gasteiger partial charge in [0.25, 0.3) is 5.56 Å². The van der Waals surface area contributed by atoms with Crippen molar-refractivity contribution >= 4 is 10.9 Å². The maximum absolute atomic E-state index is 13.6. The molecule has 4 aromatic rings. The molecule has 5 heteroatoms. The molecule has 4 rings (SSSR count). The van der Waals surface area contributed by atoms with Crippen LogP contribution < -0.4 is 19.8 Å². The topological polar surface area (TPSA) is 49.7 Å². The minimum atomic E-state index is -0.212. The van der Waals surface area contributed by atoms with Crippen LogP contribution in [0.3, 0.4) is 0 Å². The third-order valence-electron chi connectivity index (χ3n) is 5.71. The zero-order valence-corrected chi connectivity index (χ0v) is 20.1. The smallest absolute Gasteiger partial charge is 0.297 e. The van der Waals surface area contributed by atoms with Crippen LogP contribution in [0.15, 0.2) is 96.3 Å². The lowest BCUT2D eigenvalue weighted by Gasteiger charge is -2.19. The highest BCUT2D eigenvalue weighted by Crippen LogP contribution is 2.35. The second-order valence-electron chi connectivity index (χ2n) is 8.30. The number of rotatable bonds is 12. The number of hydrogen-bond donors (Lipinski definition) is 0. The van der Waals surface area contributed by atoms with Crippen molar-refractivity contribution in [3.63, 3.8) is 0 Å². The number of nitrogens with zero attached hydrogens (tertiary/aromatic N) is 1. The van der Waals surface area contributed by atoms with Crippen LogP contribution in [0.5, 0.6) is 17.2 Å². The summed E-state index contributed by atoms with van der Waals surface area (Å²) in [6.07, 6.45) is 3.46. The van der Waals surface area contributed by atoms with Crippen LogP contribution in [-0.4, -0.2) is 11.2 Å². The molecule has 35 heavy (non-hydrogen) atoms. The molecule has 0 unspecified atom stereocenters. The molecule has 0 radical (unpaired) electrons. The lowest BCUT2D eigenvalue weighted by atomic mass is 10.1. The van der Waals surface area contributed by atoms with E-state index < -0.39 is 0 Å². The fourth-order valence-electron chi connectivity index (χ4n) is 3.89. The molecule has 0 saturated heterocycles. The van der Waals surface area contributed by atoms with Gasteiger partial charge < -0.3 is 18.8 Å². The molecule has 3 aromatic carbocycles. The Balaban J connectivity index is 1.77. The molecule has 0 aliphatic rings. The van der Waals surface area contributed by atoms with E-state index in [4.69, 9.17) is 14.2 Å². The first-order valence-corrected chi connectivity index (χ1v) is 12.0. The van der Waals surface area contributed by atoms with Crippen molar-refractivity contribution in [2.45, 2.75) is 39.5 Å². The molecule has 180 valence electrons. The van der Waals surface area contributed by atoms with Crippen LogP contribution in [0.4, 0.5) is 0 Å². The number of benzene rings is 3. The van der Waals surface area contributed by atoms with Gasteiger partial charge in [0, 0.05) is 18.0 Å². The van der Waals surface area contributed by atoms with Crippen LogP contribution in [0.25, 0.3) is 10.9 Å². The molecular formula is C30H31NO4. The first-order valence-electron chi connectivity index (χ1n) is 12.0. The summed E-state index contributed by atoms with van der Waals surface area (Å²) in [5.74, 6) is 1.35. The molecule has 1 heterocycles. The van der Waals surface area contributed by atoms with Crippen LogP contribution >= 0.6 is 0 Å². The predicted molar refractivity (Wildman–Crippen MR) is 140 cm³/mol. The van der Waals surface area contributed by atoms with E-state index in [0.717, 1.165) is 34.9 Å². The summed E-state index contributed by atoms with van der Waals surface area (Å²) in [6, 6.07) is 25.6. The zero-order chi connectivity index (χ0) is 24.5. The van der Waals surface area contributed by atoms with Crippen molar-refractivity contribution in [2.24, 2.45) is 0 Å². The van der Waals surface area contributed by atoms with Gasteiger partial charge in [-0.05, 0) is 29.7 Å². The zero-order valence-electron chi connectivity index (χ0n) is 20.1. The number of pyridine rings is 1. The van der Waals surface area contributed by atoms with Gasteiger partial charge in [-0.3, -0.25) is 4.79 Å². The molecule has 0 aliphatic carbocycles. The van der Waals surface area contributed by atoms with E-state index in [9.17, 15) is 4.79 Å². The average molecular weight is 470 g/mol. The lowest BCUT2D eigenvalue weighted by molar-refractivity contribution is 0.274. The van der Waals surface area contributed by atoms with Crippen molar-refractivity contribution < 1.29 is 14.2 Å². The number of ether oxygens (including phenoxy) is 3. The number of fused-ring (bicyclic) bond motifs is 1. The summed E-state index contributed by atoms with van der Waals surface area (Å²) in [4.78, 5) is 13.6. The Kier molecular flexibility index (Phi) is 8.23. The van der Waals surface area contributed by atoms with Gasteiger partial charge in [0.1, 0.15) is 25.6 Å². The van der Waals surface area contributed by atoms with Gasteiger partial charge in [0.15, 0.2) is 5.75 Å². The molecule has 0 atom stereocenters. The van der Waals surface area contributed by atoms with E-state index in [0.29, 0.717) is 31.3 Å². The van der Waals surface area contributed by atoms with Crippen LogP contribution in [0.2, 0.25) is 0 Å². The summed E-state index contributed by atoms with van der Waals surface area (Å²) in [6.45, 7) is 7.40. The van der Waals surface area contributed by atoms with Gasteiger partial charge in [-0.25, -0.2) is 0 Å². The molecule has 0 saturated carbocycles. The minimum absolute atomic E-state index is 0.211. The third-order valence-corrected chi connectivity index (χ3v) is 5.71. The van der Waals surface area contributed by atoms with E-state index in [1.165, 1.54) is 0 Å². The fourth-order valence-corrected chi connectivity index (χ4v) is 3.89. The Morgan fingerprint density at radius 2 is 1.49 bits per heavy atom.